The van der Waals surface area contributed by atoms with Crippen LogP contribution in [0.3, 0.4) is 0 Å². The van der Waals surface area contributed by atoms with E-state index >= 15 is 0 Å². The summed E-state index contributed by atoms with van der Waals surface area (Å²) in [6.45, 7) is 0. The third-order valence-corrected chi connectivity index (χ3v) is 12.7. The fraction of sp³-hybridized carbons (Fsp3) is 0.0164. The molecule has 0 N–H and O–H groups in total. The number of aromatic nitrogens is 1. The first-order valence-corrected chi connectivity index (χ1v) is 22.0. The number of methoxy groups -OCH3 is 1. The molecule has 65 heavy (non-hydrogen) atoms. The number of furan rings is 1. The lowest BCUT2D eigenvalue weighted by Crippen LogP contribution is -2.09. The highest BCUT2D eigenvalue weighted by Crippen LogP contribution is 2.41. The minimum atomic E-state index is 0.842. The summed E-state index contributed by atoms with van der Waals surface area (Å²) in [7, 11) is 1.70. The molecule has 0 unspecified atom stereocenters. The minimum absolute atomic E-state index is 0.842. The number of ether oxygens (including phenoxy) is 1. The van der Waals surface area contributed by atoms with Crippen molar-refractivity contribution >= 4 is 60.8 Å². The van der Waals surface area contributed by atoms with Gasteiger partial charge in [-0.15, -0.1) is 0 Å². The monoisotopic (exact) mass is 834 g/mol. The fourth-order valence-electron chi connectivity index (χ4n) is 9.49. The van der Waals surface area contributed by atoms with Crippen molar-refractivity contribution in [3.05, 3.63) is 237 Å². The Hall–Kier alpha value is -8.60. The first-order chi connectivity index (χ1) is 32.2. The quantitative estimate of drug-likeness (QED) is 0.145. The maximum atomic E-state index is 6.44. The van der Waals surface area contributed by atoms with E-state index in [1.54, 1.807) is 7.11 Å². The highest BCUT2D eigenvalue weighted by molar-refractivity contribution is 6.11. The van der Waals surface area contributed by atoms with E-state index in [2.05, 4.69) is 222 Å². The molecule has 0 aliphatic heterocycles. The molecule has 2 heterocycles. The van der Waals surface area contributed by atoms with E-state index in [0.29, 0.717) is 0 Å². The Bertz CT molecular complexity index is 3660. The molecular formula is C61H42N2O2. The van der Waals surface area contributed by atoms with Gasteiger partial charge in [0.25, 0.3) is 0 Å². The average molecular weight is 835 g/mol. The molecule has 0 aliphatic carbocycles. The van der Waals surface area contributed by atoms with Crippen LogP contribution in [0.1, 0.15) is 0 Å². The van der Waals surface area contributed by atoms with Crippen LogP contribution in [0.5, 0.6) is 5.75 Å². The Morgan fingerprint density at radius 3 is 1.55 bits per heavy atom. The molecule has 4 nitrogen and oxygen atoms in total. The number of benzene rings is 10. The molecule has 308 valence electrons. The van der Waals surface area contributed by atoms with E-state index in [9.17, 15) is 0 Å². The maximum absolute atomic E-state index is 6.44. The number of anilines is 3. The van der Waals surface area contributed by atoms with E-state index in [-0.39, 0.29) is 0 Å². The zero-order valence-corrected chi connectivity index (χ0v) is 35.7. The third kappa shape index (κ3) is 6.80. The number of para-hydroxylation sites is 3. The Morgan fingerprint density at radius 1 is 0.369 bits per heavy atom. The number of hydrogen-bond acceptors (Lipinski definition) is 3. The van der Waals surface area contributed by atoms with Crippen molar-refractivity contribution < 1.29 is 9.15 Å². The molecule has 12 rings (SSSR count). The van der Waals surface area contributed by atoms with Gasteiger partial charge < -0.3 is 18.6 Å². The molecule has 4 heteroatoms. The first-order valence-electron chi connectivity index (χ1n) is 22.0. The van der Waals surface area contributed by atoms with Gasteiger partial charge in [-0.05, 0) is 130 Å². The van der Waals surface area contributed by atoms with Gasteiger partial charge in [-0.3, -0.25) is 0 Å². The molecular weight excluding hydrogens is 793 g/mol. The summed E-state index contributed by atoms with van der Waals surface area (Å²) in [4.78, 5) is 2.34. The van der Waals surface area contributed by atoms with Gasteiger partial charge >= 0.3 is 0 Å². The van der Waals surface area contributed by atoms with E-state index in [0.717, 1.165) is 72.6 Å². The van der Waals surface area contributed by atoms with Crippen LogP contribution in [0.15, 0.2) is 241 Å². The standard InChI is InChI=1S/C61H42N2O2/c1-64-52-36-34-51(35-37-52)63-58-19-7-5-15-54(58)57-40-47(27-38-59(57)63)43-23-30-49(31-24-43)62(48-28-21-42(22-29-48)46-14-9-13-45(39-46)41-11-3-2-4-12-41)50-32-25-44(26-33-50)53-17-10-18-56-55-16-6-8-20-60(55)65-61(53)56/h2-40H,1H3. The summed E-state index contributed by atoms with van der Waals surface area (Å²) >= 11 is 0. The molecule has 0 amide bonds. The summed E-state index contributed by atoms with van der Waals surface area (Å²) < 4.78 is 14.2. The van der Waals surface area contributed by atoms with Crippen molar-refractivity contribution in [2.45, 2.75) is 0 Å². The van der Waals surface area contributed by atoms with E-state index in [1.165, 1.54) is 44.1 Å². The van der Waals surface area contributed by atoms with Crippen LogP contribution in [-0.2, 0) is 0 Å². The molecule has 0 aliphatic rings. The molecule has 10 aromatic carbocycles. The number of hydrogen-bond donors (Lipinski definition) is 0. The summed E-state index contributed by atoms with van der Waals surface area (Å²) in [6.07, 6.45) is 0. The lowest BCUT2D eigenvalue weighted by Gasteiger charge is -2.26. The van der Waals surface area contributed by atoms with Crippen LogP contribution in [-0.4, -0.2) is 11.7 Å². The van der Waals surface area contributed by atoms with Gasteiger partial charge in [-0.25, -0.2) is 0 Å². The van der Waals surface area contributed by atoms with E-state index in [4.69, 9.17) is 9.15 Å². The van der Waals surface area contributed by atoms with E-state index < -0.39 is 0 Å². The Balaban J connectivity index is 0.921. The summed E-state index contributed by atoms with van der Waals surface area (Å²) in [6, 6.07) is 84.5. The first kappa shape index (κ1) is 38.1. The van der Waals surface area contributed by atoms with Crippen LogP contribution in [0.4, 0.5) is 17.1 Å². The van der Waals surface area contributed by atoms with Crippen LogP contribution in [0, 0.1) is 0 Å². The second kappa shape index (κ2) is 15.9. The van der Waals surface area contributed by atoms with Gasteiger partial charge in [-0.2, -0.15) is 0 Å². The summed E-state index contributed by atoms with van der Waals surface area (Å²) in [5, 5.41) is 4.69. The van der Waals surface area contributed by atoms with Crippen molar-refractivity contribution in [1.29, 1.82) is 0 Å². The second-order valence-electron chi connectivity index (χ2n) is 16.5. The highest BCUT2D eigenvalue weighted by Gasteiger charge is 2.18. The topological polar surface area (TPSA) is 30.5 Å². The number of nitrogens with zero attached hydrogens (tertiary/aromatic N) is 2. The van der Waals surface area contributed by atoms with Gasteiger partial charge in [0.1, 0.15) is 16.9 Å². The maximum Gasteiger partial charge on any atom is 0.143 e. The van der Waals surface area contributed by atoms with Crippen molar-refractivity contribution in [1.82, 2.24) is 4.57 Å². The molecule has 0 fully saturated rings. The van der Waals surface area contributed by atoms with Gasteiger partial charge in [0.2, 0.25) is 0 Å². The molecule has 0 atom stereocenters. The molecule has 12 aromatic rings. The third-order valence-electron chi connectivity index (χ3n) is 12.7. The zero-order chi connectivity index (χ0) is 43.3. The van der Waals surface area contributed by atoms with Crippen LogP contribution < -0.4 is 9.64 Å². The highest BCUT2D eigenvalue weighted by atomic mass is 16.5. The van der Waals surface area contributed by atoms with Crippen LogP contribution in [0.25, 0.3) is 93.9 Å². The van der Waals surface area contributed by atoms with Gasteiger partial charge in [0.15, 0.2) is 0 Å². The molecule has 2 aromatic heterocycles. The Kier molecular flexibility index (Phi) is 9.35. The average Bonchev–Trinajstić information content (AvgIpc) is 3.93. The molecule has 0 saturated heterocycles. The van der Waals surface area contributed by atoms with Crippen LogP contribution >= 0.6 is 0 Å². The molecule has 0 bridgehead atoms. The van der Waals surface area contributed by atoms with Gasteiger partial charge in [-0.1, -0.05) is 146 Å². The zero-order valence-electron chi connectivity index (χ0n) is 35.7. The van der Waals surface area contributed by atoms with Crippen molar-refractivity contribution in [2.75, 3.05) is 12.0 Å². The predicted molar refractivity (Wildman–Crippen MR) is 271 cm³/mol. The van der Waals surface area contributed by atoms with Gasteiger partial charge in [0, 0.05) is 49.9 Å². The number of fused-ring (bicyclic) bond motifs is 6. The predicted octanol–water partition coefficient (Wildman–Crippen LogP) is 16.8. The van der Waals surface area contributed by atoms with Crippen molar-refractivity contribution in [2.24, 2.45) is 0 Å². The number of rotatable bonds is 9. The van der Waals surface area contributed by atoms with Crippen LogP contribution in [0.2, 0.25) is 0 Å². The van der Waals surface area contributed by atoms with Gasteiger partial charge in [0.05, 0.1) is 18.1 Å². The molecule has 0 radical (unpaired) electrons. The largest absolute Gasteiger partial charge is 0.497 e. The van der Waals surface area contributed by atoms with Crippen molar-refractivity contribution in [3.8, 4) is 55.9 Å². The smallest absolute Gasteiger partial charge is 0.143 e. The Morgan fingerprint density at radius 2 is 0.877 bits per heavy atom. The summed E-state index contributed by atoms with van der Waals surface area (Å²) in [5.74, 6) is 0.842. The Labute approximate surface area is 377 Å². The van der Waals surface area contributed by atoms with E-state index in [1.807, 2.05) is 24.3 Å². The van der Waals surface area contributed by atoms with Crippen molar-refractivity contribution in [3.63, 3.8) is 0 Å². The molecule has 0 saturated carbocycles. The lowest BCUT2D eigenvalue weighted by atomic mass is 9.98. The summed E-state index contributed by atoms with van der Waals surface area (Å²) in [5.41, 5.74) is 17.7. The molecule has 0 spiro atoms. The normalized spacial score (nSPS) is 11.5. The lowest BCUT2D eigenvalue weighted by molar-refractivity contribution is 0.415. The SMILES string of the molecule is COc1ccc(-n2c3ccccc3c3cc(-c4ccc(N(c5ccc(-c6cccc(-c7ccccc7)c6)cc5)c5ccc(-c6cccc7c6oc6ccccc67)cc5)cc4)ccc32)cc1. The minimum Gasteiger partial charge on any atom is -0.497 e. The second-order valence-corrected chi connectivity index (χ2v) is 16.5. The fourth-order valence-corrected chi connectivity index (χ4v) is 9.49.